The van der Waals surface area contributed by atoms with E-state index in [-0.39, 0.29) is 11.9 Å². The minimum atomic E-state index is -0.0339. The molecule has 0 unspecified atom stereocenters. The lowest BCUT2D eigenvalue weighted by molar-refractivity contribution is -0.117. The minimum absolute atomic E-state index is 0.0339. The largest absolute Gasteiger partial charge is 0.324 e. The molecule has 2 fully saturated rings. The maximum Gasteiger partial charge on any atom is 0.321 e. The van der Waals surface area contributed by atoms with Gasteiger partial charge in [-0.25, -0.2) is 4.79 Å². The first-order valence-corrected chi connectivity index (χ1v) is 10.4. The summed E-state index contributed by atoms with van der Waals surface area (Å²) < 4.78 is 0. The molecule has 2 saturated heterocycles. The first kappa shape index (κ1) is 18.1. The molecule has 0 saturated carbocycles. The average molecular weight is 362 g/mol. The molecular formula is C19H27N3O2S. The molecule has 0 aliphatic carbocycles. The van der Waals surface area contributed by atoms with Gasteiger partial charge in [-0.1, -0.05) is 6.07 Å². The molecule has 1 atom stereocenters. The number of benzene rings is 1. The second-order valence-electron chi connectivity index (χ2n) is 6.99. The lowest BCUT2D eigenvalue weighted by Gasteiger charge is -2.32. The molecule has 0 spiro atoms. The fourth-order valence-corrected chi connectivity index (χ4v) is 4.45. The predicted molar refractivity (Wildman–Crippen MR) is 104 cm³/mol. The van der Waals surface area contributed by atoms with Crippen molar-refractivity contribution in [3.8, 4) is 0 Å². The van der Waals surface area contributed by atoms with E-state index in [1.54, 1.807) is 0 Å². The molecule has 1 N–H and O–H groups in total. The number of aryl methyl sites for hydroxylation is 1. The van der Waals surface area contributed by atoms with Crippen LogP contribution in [0.25, 0.3) is 0 Å². The topological polar surface area (TPSA) is 52.7 Å². The number of nitrogens with one attached hydrogen (secondary N) is 1. The third kappa shape index (κ3) is 4.29. The number of amides is 3. The zero-order valence-electron chi connectivity index (χ0n) is 15.1. The molecule has 3 rings (SSSR count). The zero-order chi connectivity index (χ0) is 17.8. The van der Waals surface area contributed by atoms with Crippen LogP contribution in [0.2, 0.25) is 0 Å². The van der Waals surface area contributed by atoms with Crippen molar-refractivity contribution in [2.75, 3.05) is 41.9 Å². The van der Waals surface area contributed by atoms with Crippen LogP contribution in [0.15, 0.2) is 18.2 Å². The molecule has 2 heterocycles. The van der Waals surface area contributed by atoms with E-state index in [9.17, 15) is 9.59 Å². The summed E-state index contributed by atoms with van der Waals surface area (Å²) in [4.78, 5) is 28.4. The molecule has 1 aromatic carbocycles. The number of hydrogen-bond donors (Lipinski definition) is 1. The van der Waals surface area contributed by atoms with Crippen molar-refractivity contribution >= 4 is 35.1 Å². The summed E-state index contributed by atoms with van der Waals surface area (Å²) in [5.41, 5.74) is 2.74. The Morgan fingerprint density at radius 3 is 2.88 bits per heavy atom. The van der Waals surface area contributed by atoms with Gasteiger partial charge in [-0.15, -0.1) is 0 Å². The number of carbonyl (C=O) groups excluding carboxylic acids is 2. The van der Waals surface area contributed by atoms with Crippen molar-refractivity contribution in [3.05, 3.63) is 23.8 Å². The second kappa shape index (κ2) is 8.13. The van der Waals surface area contributed by atoms with Gasteiger partial charge in [0.2, 0.25) is 5.91 Å². The summed E-state index contributed by atoms with van der Waals surface area (Å²) in [6, 6.07) is 5.79. The number of anilines is 2. The highest BCUT2D eigenvalue weighted by atomic mass is 32.2. The van der Waals surface area contributed by atoms with E-state index in [1.165, 1.54) is 6.42 Å². The molecule has 6 heteroatoms. The molecule has 5 nitrogen and oxygen atoms in total. The van der Waals surface area contributed by atoms with Crippen molar-refractivity contribution in [1.82, 2.24) is 4.90 Å². The van der Waals surface area contributed by atoms with Gasteiger partial charge in [-0.3, -0.25) is 4.79 Å². The van der Waals surface area contributed by atoms with E-state index in [0.717, 1.165) is 55.2 Å². The molecule has 0 aromatic heterocycles. The smallest absolute Gasteiger partial charge is 0.321 e. The lowest BCUT2D eigenvalue weighted by Crippen LogP contribution is -2.42. The first-order chi connectivity index (χ1) is 12.1. The number of thioether (sulfide) groups is 1. The first-order valence-electron chi connectivity index (χ1n) is 9.04. The Morgan fingerprint density at radius 2 is 2.16 bits per heavy atom. The maximum absolute atomic E-state index is 12.6. The lowest BCUT2D eigenvalue weighted by atomic mass is 10.0. The number of likely N-dealkylation sites (tertiary alicyclic amines) is 1. The number of hydrogen-bond acceptors (Lipinski definition) is 3. The molecule has 0 bridgehead atoms. The van der Waals surface area contributed by atoms with Crippen molar-refractivity contribution in [3.63, 3.8) is 0 Å². The van der Waals surface area contributed by atoms with Gasteiger partial charge in [0.05, 0.1) is 0 Å². The summed E-state index contributed by atoms with van der Waals surface area (Å²) in [6.07, 6.45) is 5.91. The fourth-order valence-electron chi connectivity index (χ4n) is 3.70. The standard InChI is InChI=1S/C19H27N3O2S/c1-14-7-8-16(11-17(14)22-10-4-6-18(22)23)20-19(24)21-9-3-5-15(12-21)13-25-2/h7-8,11,15H,3-6,9-10,12-13H2,1-2H3,(H,20,24)/t15-/m1/s1. The molecule has 0 radical (unpaired) electrons. The van der Waals surface area contributed by atoms with Gasteiger partial charge in [0.1, 0.15) is 0 Å². The van der Waals surface area contributed by atoms with E-state index < -0.39 is 0 Å². The molecule has 25 heavy (non-hydrogen) atoms. The Morgan fingerprint density at radius 1 is 1.32 bits per heavy atom. The van der Waals surface area contributed by atoms with Crippen LogP contribution < -0.4 is 10.2 Å². The average Bonchev–Trinajstić information content (AvgIpc) is 3.03. The second-order valence-corrected chi connectivity index (χ2v) is 7.90. The van der Waals surface area contributed by atoms with Crippen LogP contribution >= 0.6 is 11.8 Å². The van der Waals surface area contributed by atoms with Gasteiger partial charge in [0.25, 0.3) is 0 Å². The molecular weight excluding hydrogens is 334 g/mol. The van der Waals surface area contributed by atoms with Crippen LogP contribution in [0.5, 0.6) is 0 Å². The van der Waals surface area contributed by atoms with E-state index in [1.807, 2.05) is 46.7 Å². The Bertz CT molecular complexity index is 648. The number of rotatable bonds is 4. The van der Waals surface area contributed by atoms with Crippen LogP contribution in [0.4, 0.5) is 16.2 Å². The van der Waals surface area contributed by atoms with Gasteiger partial charge >= 0.3 is 6.03 Å². The third-order valence-electron chi connectivity index (χ3n) is 5.03. The van der Waals surface area contributed by atoms with E-state index >= 15 is 0 Å². The molecule has 2 aliphatic heterocycles. The van der Waals surface area contributed by atoms with Crippen molar-refractivity contribution in [2.24, 2.45) is 5.92 Å². The monoisotopic (exact) mass is 361 g/mol. The zero-order valence-corrected chi connectivity index (χ0v) is 15.9. The minimum Gasteiger partial charge on any atom is -0.324 e. The van der Waals surface area contributed by atoms with Gasteiger partial charge < -0.3 is 15.1 Å². The van der Waals surface area contributed by atoms with Crippen LogP contribution in [-0.4, -0.2) is 48.5 Å². The Hall–Kier alpha value is -1.69. The summed E-state index contributed by atoms with van der Waals surface area (Å²) in [7, 11) is 0. The van der Waals surface area contributed by atoms with Crippen LogP contribution in [-0.2, 0) is 4.79 Å². The summed E-state index contributed by atoms with van der Waals surface area (Å²) >= 11 is 1.85. The molecule has 2 aliphatic rings. The molecule has 136 valence electrons. The molecule has 3 amide bonds. The van der Waals surface area contributed by atoms with Crippen LogP contribution in [0.1, 0.15) is 31.2 Å². The third-order valence-corrected chi connectivity index (χ3v) is 5.84. The van der Waals surface area contributed by atoms with E-state index in [4.69, 9.17) is 0 Å². The van der Waals surface area contributed by atoms with Gasteiger partial charge in [0.15, 0.2) is 0 Å². The fraction of sp³-hybridized carbons (Fsp3) is 0.579. The van der Waals surface area contributed by atoms with Gasteiger partial charge in [-0.2, -0.15) is 11.8 Å². The van der Waals surface area contributed by atoms with E-state index in [2.05, 4.69) is 11.6 Å². The highest BCUT2D eigenvalue weighted by Gasteiger charge is 2.25. The van der Waals surface area contributed by atoms with Crippen molar-refractivity contribution in [1.29, 1.82) is 0 Å². The van der Waals surface area contributed by atoms with Crippen LogP contribution in [0, 0.1) is 12.8 Å². The summed E-state index contributed by atoms with van der Waals surface area (Å²) in [5.74, 6) is 1.86. The van der Waals surface area contributed by atoms with Gasteiger partial charge in [0, 0.05) is 37.4 Å². The van der Waals surface area contributed by atoms with Crippen molar-refractivity contribution < 1.29 is 9.59 Å². The Labute approximate surface area is 154 Å². The summed E-state index contributed by atoms with van der Waals surface area (Å²) in [6.45, 7) is 4.42. The Balaban J connectivity index is 1.68. The number of piperidine rings is 1. The highest BCUT2D eigenvalue weighted by Crippen LogP contribution is 2.28. The molecule has 1 aromatic rings. The number of urea groups is 1. The van der Waals surface area contributed by atoms with E-state index in [0.29, 0.717) is 12.3 Å². The maximum atomic E-state index is 12.6. The summed E-state index contributed by atoms with van der Waals surface area (Å²) in [5, 5.41) is 3.02. The quantitative estimate of drug-likeness (QED) is 0.889. The predicted octanol–water partition coefficient (Wildman–Crippen LogP) is 3.73. The SMILES string of the molecule is CSC[C@@H]1CCCN(C(=O)Nc2ccc(C)c(N3CCCC3=O)c2)C1. The normalized spacial score (nSPS) is 20.9. The van der Waals surface area contributed by atoms with Crippen LogP contribution in [0.3, 0.4) is 0 Å². The number of nitrogens with zero attached hydrogens (tertiary/aromatic N) is 2. The van der Waals surface area contributed by atoms with Crippen molar-refractivity contribution in [2.45, 2.75) is 32.6 Å². The number of carbonyl (C=O) groups is 2. The highest BCUT2D eigenvalue weighted by molar-refractivity contribution is 7.98. The Kier molecular flexibility index (Phi) is 5.89. The van der Waals surface area contributed by atoms with Gasteiger partial charge in [-0.05, 0) is 61.8 Å².